The first-order valence-electron chi connectivity index (χ1n) is 6.00. The molecule has 0 spiro atoms. The number of rotatable bonds is 4. The molecule has 112 valence electrons. The fraction of sp³-hybridized carbons (Fsp3) is 0.214. The molecule has 1 heterocycles. The van der Waals surface area contributed by atoms with Crippen molar-refractivity contribution in [3.63, 3.8) is 0 Å². The van der Waals surface area contributed by atoms with E-state index in [1.54, 1.807) is 17.4 Å². The summed E-state index contributed by atoms with van der Waals surface area (Å²) in [5, 5.41) is 5.40. The van der Waals surface area contributed by atoms with E-state index < -0.39 is 0 Å². The Morgan fingerprint density at radius 1 is 1.29 bits per heavy atom. The normalized spacial score (nSPS) is 12.0. The smallest absolute Gasteiger partial charge is 0.340 e. The Morgan fingerprint density at radius 2 is 2.00 bits per heavy atom. The highest BCUT2D eigenvalue weighted by Crippen LogP contribution is 2.36. The highest BCUT2D eigenvalue weighted by atomic mass is 79.9. The van der Waals surface area contributed by atoms with Crippen molar-refractivity contribution in [3.05, 3.63) is 47.4 Å². The minimum atomic E-state index is -0.378. The molecule has 0 saturated carbocycles. The zero-order chi connectivity index (χ0) is 15.6. The maximum absolute atomic E-state index is 12.0. The van der Waals surface area contributed by atoms with Crippen molar-refractivity contribution in [2.45, 2.75) is 13.0 Å². The number of halogens is 3. The van der Waals surface area contributed by atoms with Crippen LogP contribution in [-0.4, -0.2) is 13.1 Å². The maximum Gasteiger partial charge on any atom is 0.340 e. The van der Waals surface area contributed by atoms with E-state index in [2.05, 4.69) is 53.1 Å². The third-order valence-electron chi connectivity index (χ3n) is 2.86. The van der Waals surface area contributed by atoms with Crippen molar-refractivity contribution in [1.29, 1.82) is 0 Å². The van der Waals surface area contributed by atoms with Gasteiger partial charge >= 0.3 is 5.97 Å². The molecule has 0 saturated heterocycles. The van der Waals surface area contributed by atoms with E-state index in [0.29, 0.717) is 5.56 Å². The van der Waals surface area contributed by atoms with E-state index in [4.69, 9.17) is 4.74 Å². The SMILES string of the molecule is COC(=O)c1cc(Br)cc(Br)c1NC(C)c1sccc1Br. The Morgan fingerprint density at radius 3 is 2.57 bits per heavy atom. The van der Waals surface area contributed by atoms with Gasteiger partial charge in [-0.05, 0) is 62.4 Å². The topological polar surface area (TPSA) is 38.3 Å². The molecule has 0 bridgehead atoms. The summed E-state index contributed by atoms with van der Waals surface area (Å²) in [6.07, 6.45) is 0. The van der Waals surface area contributed by atoms with Crippen LogP contribution in [0.3, 0.4) is 0 Å². The fourth-order valence-electron chi connectivity index (χ4n) is 1.89. The predicted octanol–water partition coefficient (Wildman–Crippen LogP) is 6.00. The quantitative estimate of drug-likeness (QED) is 0.527. The number of hydrogen-bond donors (Lipinski definition) is 1. The summed E-state index contributed by atoms with van der Waals surface area (Å²) < 4.78 is 7.52. The summed E-state index contributed by atoms with van der Waals surface area (Å²) >= 11 is 12.1. The second-order valence-electron chi connectivity index (χ2n) is 4.30. The maximum atomic E-state index is 12.0. The van der Waals surface area contributed by atoms with Crippen molar-refractivity contribution in [3.8, 4) is 0 Å². The van der Waals surface area contributed by atoms with Crippen molar-refractivity contribution < 1.29 is 9.53 Å². The van der Waals surface area contributed by atoms with Gasteiger partial charge in [0.2, 0.25) is 0 Å². The molecule has 1 atom stereocenters. The molecule has 0 amide bonds. The van der Waals surface area contributed by atoms with E-state index in [1.807, 2.05) is 24.4 Å². The lowest BCUT2D eigenvalue weighted by Gasteiger charge is -2.19. The van der Waals surface area contributed by atoms with Gasteiger partial charge in [0.1, 0.15) is 0 Å². The van der Waals surface area contributed by atoms with Crippen molar-refractivity contribution in [2.24, 2.45) is 0 Å². The van der Waals surface area contributed by atoms with Gasteiger partial charge in [0.25, 0.3) is 0 Å². The van der Waals surface area contributed by atoms with Crippen molar-refractivity contribution in [2.75, 3.05) is 12.4 Å². The second kappa shape index (κ2) is 7.26. The number of benzene rings is 1. The van der Waals surface area contributed by atoms with Crippen LogP contribution < -0.4 is 5.32 Å². The number of hydrogen-bond acceptors (Lipinski definition) is 4. The fourth-order valence-corrected chi connectivity index (χ4v) is 4.95. The molecular weight excluding hydrogens is 486 g/mol. The highest BCUT2D eigenvalue weighted by molar-refractivity contribution is 9.11. The van der Waals surface area contributed by atoms with Crippen LogP contribution in [0, 0.1) is 0 Å². The third kappa shape index (κ3) is 3.88. The number of methoxy groups -OCH3 is 1. The lowest BCUT2D eigenvalue weighted by atomic mass is 10.1. The lowest BCUT2D eigenvalue weighted by molar-refractivity contribution is 0.0601. The molecule has 1 unspecified atom stereocenters. The van der Waals surface area contributed by atoms with Crippen LogP contribution in [0.2, 0.25) is 0 Å². The van der Waals surface area contributed by atoms with Gasteiger partial charge in [-0.25, -0.2) is 4.79 Å². The lowest BCUT2D eigenvalue weighted by Crippen LogP contribution is -2.12. The minimum absolute atomic E-state index is 0.0558. The number of carbonyl (C=O) groups is 1. The van der Waals surface area contributed by atoms with Gasteiger partial charge in [0.15, 0.2) is 0 Å². The second-order valence-corrected chi connectivity index (χ2v) is 7.87. The van der Waals surface area contributed by atoms with Gasteiger partial charge in [-0.2, -0.15) is 0 Å². The van der Waals surface area contributed by atoms with Crippen LogP contribution in [0.4, 0.5) is 5.69 Å². The van der Waals surface area contributed by atoms with E-state index in [0.717, 1.165) is 19.1 Å². The monoisotopic (exact) mass is 495 g/mol. The molecule has 0 aliphatic carbocycles. The summed E-state index contributed by atoms with van der Waals surface area (Å²) in [6.45, 7) is 2.05. The minimum Gasteiger partial charge on any atom is -0.465 e. The summed E-state index contributed by atoms with van der Waals surface area (Å²) in [4.78, 5) is 13.1. The number of carbonyl (C=O) groups excluding carboxylic acids is 1. The highest BCUT2D eigenvalue weighted by Gasteiger charge is 2.19. The Labute approximate surface area is 152 Å². The Hall–Kier alpha value is -0.370. The number of ether oxygens (including phenoxy) is 1. The first-order chi connectivity index (χ1) is 9.93. The summed E-state index contributed by atoms with van der Waals surface area (Å²) in [6, 6.07) is 5.70. The number of esters is 1. The first kappa shape index (κ1) is 17.0. The van der Waals surface area contributed by atoms with Crippen LogP contribution in [0.1, 0.15) is 28.2 Å². The van der Waals surface area contributed by atoms with Gasteiger partial charge < -0.3 is 10.1 Å². The van der Waals surface area contributed by atoms with Crippen LogP contribution in [0.25, 0.3) is 0 Å². The molecule has 0 aliphatic rings. The largest absolute Gasteiger partial charge is 0.465 e. The van der Waals surface area contributed by atoms with Crippen LogP contribution in [0.5, 0.6) is 0 Å². The van der Waals surface area contributed by atoms with Gasteiger partial charge in [-0.3, -0.25) is 0 Å². The summed E-state index contributed by atoms with van der Waals surface area (Å²) in [5.74, 6) is -0.378. The molecule has 0 radical (unpaired) electrons. The third-order valence-corrected chi connectivity index (χ3v) is 6.00. The summed E-state index contributed by atoms with van der Waals surface area (Å²) in [5.41, 5.74) is 1.20. The Kier molecular flexibility index (Phi) is 5.88. The Balaban J connectivity index is 2.39. The molecular formula is C14H12Br3NO2S. The van der Waals surface area contributed by atoms with Gasteiger partial charge in [0.05, 0.1) is 24.4 Å². The average Bonchev–Trinajstić information content (AvgIpc) is 2.86. The number of anilines is 1. The van der Waals surface area contributed by atoms with Gasteiger partial charge in [0, 0.05) is 18.3 Å². The number of thiophene rings is 1. The van der Waals surface area contributed by atoms with E-state index in [-0.39, 0.29) is 12.0 Å². The Bertz CT molecular complexity index is 672. The van der Waals surface area contributed by atoms with Crippen LogP contribution in [-0.2, 0) is 4.74 Å². The van der Waals surface area contributed by atoms with E-state index in [9.17, 15) is 4.79 Å². The summed E-state index contributed by atoms with van der Waals surface area (Å²) in [7, 11) is 1.38. The van der Waals surface area contributed by atoms with Crippen molar-refractivity contribution >= 4 is 70.8 Å². The van der Waals surface area contributed by atoms with Gasteiger partial charge in [-0.15, -0.1) is 11.3 Å². The van der Waals surface area contributed by atoms with Crippen LogP contribution in [0.15, 0.2) is 37.0 Å². The average molecular weight is 498 g/mol. The molecule has 2 rings (SSSR count). The van der Waals surface area contributed by atoms with Crippen LogP contribution >= 0.6 is 59.1 Å². The molecule has 1 aromatic heterocycles. The first-order valence-corrected chi connectivity index (χ1v) is 9.26. The molecule has 0 aliphatic heterocycles. The zero-order valence-electron chi connectivity index (χ0n) is 11.2. The molecule has 1 N–H and O–H groups in total. The number of nitrogens with one attached hydrogen (secondary N) is 1. The van der Waals surface area contributed by atoms with E-state index in [1.165, 1.54) is 12.0 Å². The molecule has 1 aromatic carbocycles. The predicted molar refractivity (Wildman–Crippen MR) is 97.2 cm³/mol. The molecule has 7 heteroatoms. The van der Waals surface area contributed by atoms with Crippen molar-refractivity contribution in [1.82, 2.24) is 0 Å². The molecule has 2 aromatic rings. The zero-order valence-corrected chi connectivity index (χ0v) is 16.8. The molecule has 0 fully saturated rings. The van der Waals surface area contributed by atoms with Gasteiger partial charge in [-0.1, -0.05) is 15.9 Å². The standard InChI is InChI=1S/C14H12Br3NO2S/c1-7(13-10(16)3-4-21-13)18-12-9(14(19)20-2)5-8(15)6-11(12)17/h3-7,18H,1-2H3. The molecule has 21 heavy (non-hydrogen) atoms. The van der Waals surface area contributed by atoms with E-state index >= 15 is 0 Å². The molecule has 3 nitrogen and oxygen atoms in total.